The van der Waals surface area contributed by atoms with Crippen LogP contribution in [0.5, 0.6) is 0 Å². The van der Waals surface area contributed by atoms with Crippen LogP contribution in [-0.2, 0) is 6.18 Å². The summed E-state index contributed by atoms with van der Waals surface area (Å²) in [4.78, 5) is 30.6. The second kappa shape index (κ2) is 7.53. The van der Waals surface area contributed by atoms with Crippen molar-refractivity contribution >= 4 is 23.2 Å². The number of aromatic nitrogens is 2. The number of amides is 2. The lowest BCUT2D eigenvalue weighted by atomic mass is 10.1. The summed E-state index contributed by atoms with van der Waals surface area (Å²) in [5.74, 6) is -2.05. The Morgan fingerprint density at radius 2 is 1.87 bits per heavy atom. The summed E-state index contributed by atoms with van der Waals surface area (Å²) >= 11 is 0. The molecule has 0 fully saturated rings. The zero-order valence-electron chi connectivity index (χ0n) is 16.2. The number of carbonyl (C=O) groups excluding carboxylic acids is 2. The molecular formula is C21H16F4N4O2. The summed E-state index contributed by atoms with van der Waals surface area (Å²) < 4.78 is 54.1. The maximum Gasteiger partial charge on any atom is 0.416 e. The van der Waals surface area contributed by atoms with Crippen LogP contribution in [0.1, 0.15) is 39.4 Å². The molecule has 1 aliphatic heterocycles. The van der Waals surface area contributed by atoms with Crippen molar-refractivity contribution in [3.8, 4) is 0 Å². The molecule has 2 amide bonds. The third-order valence-corrected chi connectivity index (χ3v) is 5.06. The molecule has 0 unspecified atom stereocenters. The zero-order chi connectivity index (χ0) is 22.3. The van der Waals surface area contributed by atoms with Crippen molar-refractivity contribution < 1.29 is 27.2 Å². The third kappa shape index (κ3) is 3.76. The smallest absolute Gasteiger partial charge is 0.337 e. The normalized spacial score (nSPS) is 16.2. The lowest BCUT2D eigenvalue weighted by molar-refractivity contribution is -0.137. The largest absolute Gasteiger partial charge is 0.416 e. The van der Waals surface area contributed by atoms with Gasteiger partial charge in [-0.25, -0.2) is 4.39 Å². The number of nitrogens with zero attached hydrogens (tertiary/aromatic N) is 3. The van der Waals surface area contributed by atoms with Gasteiger partial charge in [-0.1, -0.05) is 0 Å². The molecule has 3 heterocycles. The van der Waals surface area contributed by atoms with Gasteiger partial charge in [0.2, 0.25) is 0 Å². The van der Waals surface area contributed by atoms with Crippen LogP contribution in [0, 0.1) is 5.82 Å². The number of benzene rings is 1. The number of hydrogen-bond donors (Lipinski definition) is 1. The van der Waals surface area contributed by atoms with E-state index in [4.69, 9.17) is 0 Å². The van der Waals surface area contributed by atoms with Crippen LogP contribution in [0.4, 0.5) is 28.9 Å². The van der Waals surface area contributed by atoms with Gasteiger partial charge in [-0.05, 0) is 43.3 Å². The molecule has 10 heteroatoms. The average molecular weight is 432 g/mol. The minimum absolute atomic E-state index is 0.154. The molecular weight excluding hydrogens is 416 g/mol. The van der Waals surface area contributed by atoms with Crippen molar-refractivity contribution in [2.45, 2.75) is 19.1 Å². The fourth-order valence-electron chi connectivity index (χ4n) is 3.51. The van der Waals surface area contributed by atoms with E-state index in [0.29, 0.717) is 5.69 Å². The SMILES string of the molecule is C[C@H]1CN(c2ccc(C(F)(F)F)cc2)C(=O)c2c(NC(=O)c3ccncc3F)ccn21. The van der Waals surface area contributed by atoms with Gasteiger partial charge in [0.15, 0.2) is 5.82 Å². The number of pyridine rings is 1. The Balaban J connectivity index is 1.64. The number of hydrogen-bond acceptors (Lipinski definition) is 3. The summed E-state index contributed by atoms with van der Waals surface area (Å²) in [5, 5.41) is 2.54. The van der Waals surface area contributed by atoms with Gasteiger partial charge in [0, 0.05) is 30.7 Å². The van der Waals surface area contributed by atoms with E-state index in [1.165, 1.54) is 35.4 Å². The minimum atomic E-state index is -4.48. The van der Waals surface area contributed by atoms with E-state index < -0.39 is 29.4 Å². The van der Waals surface area contributed by atoms with E-state index in [-0.39, 0.29) is 29.5 Å². The van der Waals surface area contributed by atoms with Crippen LogP contribution in [0.25, 0.3) is 0 Å². The lowest BCUT2D eigenvalue weighted by Gasteiger charge is -2.33. The Morgan fingerprint density at radius 1 is 1.16 bits per heavy atom. The Bertz CT molecular complexity index is 1150. The van der Waals surface area contributed by atoms with Crippen LogP contribution in [0.3, 0.4) is 0 Å². The quantitative estimate of drug-likeness (QED) is 0.619. The van der Waals surface area contributed by atoms with Crippen LogP contribution < -0.4 is 10.2 Å². The van der Waals surface area contributed by atoms with Gasteiger partial charge in [0.25, 0.3) is 11.8 Å². The third-order valence-electron chi connectivity index (χ3n) is 5.06. The second-order valence-electron chi connectivity index (χ2n) is 7.10. The van der Waals surface area contributed by atoms with Gasteiger partial charge >= 0.3 is 6.18 Å². The highest BCUT2D eigenvalue weighted by molar-refractivity contribution is 6.13. The Hall–Kier alpha value is -3.69. The maximum absolute atomic E-state index is 13.9. The van der Waals surface area contributed by atoms with E-state index in [0.717, 1.165) is 18.3 Å². The molecule has 1 aromatic carbocycles. The van der Waals surface area contributed by atoms with Crippen molar-refractivity contribution in [3.63, 3.8) is 0 Å². The van der Waals surface area contributed by atoms with E-state index in [2.05, 4.69) is 10.3 Å². The van der Waals surface area contributed by atoms with Gasteiger partial charge in [-0.2, -0.15) is 13.2 Å². The summed E-state index contributed by atoms with van der Waals surface area (Å²) in [6, 6.07) is 6.82. The molecule has 0 bridgehead atoms. The molecule has 0 spiro atoms. The molecule has 6 nitrogen and oxygen atoms in total. The number of nitrogens with one attached hydrogen (secondary N) is 1. The number of rotatable bonds is 3. The van der Waals surface area contributed by atoms with E-state index in [1.807, 2.05) is 6.92 Å². The highest BCUT2D eigenvalue weighted by atomic mass is 19.4. The molecule has 2 aromatic heterocycles. The van der Waals surface area contributed by atoms with Crippen molar-refractivity contribution in [2.75, 3.05) is 16.8 Å². The molecule has 0 saturated heterocycles. The van der Waals surface area contributed by atoms with Crippen molar-refractivity contribution in [3.05, 3.63) is 77.6 Å². The number of fused-ring (bicyclic) bond motifs is 1. The number of anilines is 2. The molecule has 1 N–H and O–H groups in total. The molecule has 0 saturated carbocycles. The van der Waals surface area contributed by atoms with Crippen molar-refractivity contribution in [1.82, 2.24) is 9.55 Å². The van der Waals surface area contributed by atoms with E-state index >= 15 is 0 Å². The van der Waals surface area contributed by atoms with Crippen LogP contribution >= 0.6 is 0 Å². The fourth-order valence-corrected chi connectivity index (χ4v) is 3.51. The fraction of sp³-hybridized carbons (Fsp3) is 0.190. The van der Waals surface area contributed by atoms with Crippen LogP contribution in [-0.4, -0.2) is 27.9 Å². The topological polar surface area (TPSA) is 67.2 Å². The molecule has 0 radical (unpaired) electrons. The first-order valence-electron chi connectivity index (χ1n) is 9.27. The summed E-state index contributed by atoms with van der Waals surface area (Å²) in [5.41, 5.74) is -0.416. The molecule has 0 aliphatic carbocycles. The number of carbonyl (C=O) groups is 2. The Morgan fingerprint density at radius 3 is 2.52 bits per heavy atom. The second-order valence-corrected chi connectivity index (χ2v) is 7.10. The average Bonchev–Trinajstić information content (AvgIpc) is 3.15. The van der Waals surface area contributed by atoms with E-state index in [1.54, 1.807) is 10.8 Å². The predicted octanol–water partition coefficient (Wildman–Crippen LogP) is 4.51. The molecule has 1 atom stereocenters. The first kappa shape index (κ1) is 20.6. The van der Waals surface area contributed by atoms with Gasteiger partial charge < -0.3 is 14.8 Å². The molecule has 4 rings (SSSR count). The van der Waals surface area contributed by atoms with Gasteiger partial charge in [0.1, 0.15) is 5.69 Å². The Kier molecular flexibility index (Phi) is 5.00. The highest BCUT2D eigenvalue weighted by Gasteiger charge is 2.34. The summed E-state index contributed by atoms with van der Waals surface area (Å²) in [7, 11) is 0. The predicted molar refractivity (Wildman–Crippen MR) is 104 cm³/mol. The molecule has 1 aliphatic rings. The first-order valence-corrected chi connectivity index (χ1v) is 9.27. The zero-order valence-corrected chi connectivity index (χ0v) is 16.2. The van der Waals surface area contributed by atoms with Gasteiger partial charge in [-0.15, -0.1) is 0 Å². The standard InChI is InChI=1S/C21H16F4N4O2/c1-12-11-29(14-4-2-13(3-5-14)21(23,24)25)20(31)18-17(7-9-28(12)18)27-19(30)15-6-8-26-10-16(15)22/h2-10,12H,11H2,1H3,(H,27,30)/t12-/m0/s1. The molecule has 160 valence electrons. The van der Waals surface area contributed by atoms with Gasteiger partial charge in [0.05, 0.1) is 23.0 Å². The summed E-state index contributed by atoms with van der Waals surface area (Å²) in [6.07, 6.45) is -0.677. The lowest BCUT2D eigenvalue weighted by Crippen LogP contribution is -2.42. The van der Waals surface area contributed by atoms with Crippen molar-refractivity contribution in [1.29, 1.82) is 0 Å². The minimum Gasteiger partial charge on any atom is -0.337 e. The van der Waals surface area contributed by atoms with E-state index in [9.17, 15) is 27.2 Å². The summed E-state index contributed by atoms with van der Waals surface area (Å²) in [6.45, 7) is 2.07. The monoisotopic (exact) mass is 432 g/mol. The van der Waals surface area contributed by atoms with Crippen molar-refractivity contribution in [2.24, 2.45) is 0 Å². The molecule has 3 aromatic rings. The number of halogens is 4. The van der Waals surface area contributed by atoms with Crippen LogP contribution in [0.2, 0.25) is 0 Å². The highest BCUT2D eigenvalue weighted by Crippen LogP contribution is 2.34. The first-order chi connectivity index (χ1) is 14.7. The van der Waals surface area contributed by atoms with Crippen LogP contribution in [0.15, 0.2) is 55.0 Å². The molecule has 31 heavy (non-hydrogen) atoms. The van der Waals surface area contributed by atoms with Gasteiger partial charge in [-0.3, -0.25) is 14.6 Å². The maximum atomic E-state index is 13.9. The number of alkyl halides is 3. The Labute approximate surface area is 174 Å².